The van der Waals surface area contributed by atoms with E-state index in [1.165, 1.54) is 0 Å². The molecule has 1 aromatic rings. The molecule has 0 amide bonds. The summed E-state index contributed by atoms with van der Waals surface area (Å²) in [6.07, 6.45) is 2.42. The summed E-state index contributed by atoms with van der Waals surface area (Å²) in [6.45, 7) is 1.84. The molecule has 0 saturated carbocycles. The Morgan fingerprint density at radius 2 is 2.00 bits per heavy atom. The first-order valence-corrected chi connectivity index (χ1v) is 9.02. The summed E-state index contributed by atoms with van der Waals surface area (Å²) in [7, 11) is -3.45. The van der Waals surface area contributed by atoms with Crippen LogP contribution < -0.4 is 10.5 Å². The fourth-order valence-corrected chi connectivity index (χ4v) is 3.70. The van der Waals surface area contributed by atoms with Crippen molar-refractivity contribution in [2.75, 3.05) is 12.0 Å². The fourth-order valence-electron chi connectivity index (χ4n) is 1.60. The van der Waals surface area contributed by atoms with E-state index in [2.05, 4.69) is 4.72 Å². The van der Waals surface area contributed by atoms with Gasteiger partial charge in [0.1, 0.15) is 0 Å². The predicted molar refractivity (Wildman–Crippen MR) is 85.1 cm³/mol. The molecule has 0 aliphatic rings. The molecule has 19 heavy (non-hydrogen) atoms. The predicted octanol–water partition coefficient (Wildman–Crippen LogP) is 1.55. The first kappa shape index (κ1) is 16.4. The minimum Gasteiger partial charge on any atom is -0.393 e. The van der Waals surface area contributed by atoms with Gasteiger partial charge in [-0.2, -0.15) is 11.8 Å². The van der Waals surface area contributed by atoms with Gasteiger partial charge in [-0.25, -0.2) is 13.1 Å². The van der Waals surface area contributed by atoms with Gasteiger partial charge in [-0.15, -0.1) is 0 Å². The minimum atomic E-state index is -3.45. The molecule has 0 aliphatic carbocycles. The second-order valence-corrected chi connectivity index (χ2v) is 7.41. The minimum absolute atomic E-state index is 0.101. The molecule has 106 valence electrons. The average molecular weight is 318 g/mol. The van der Waals surface area contributed by atoms with Gasteiger partial charge in [0.15, 0.2) is 0 Å². The largest absolute Gasteiger partial charge is 0.393 e. The van der Waals surface area contributed by atoms with Gasteiger partial charge >= 0.3 is 0 Å². The zero-order valence-electron chi connectivity index (χ0n) is 10.9. The van der Waals surface area contributed by atoms with Crippen molar-refractivity contribution in [2.45, 2.75) is 24.3 Å². The lowest BCUT2D eigenvalue weighted by atomic mass is 10.1. The molecule has 0 fully saturated rings. The second-order valence-electron chi connectivity index (χ2n) is 4.26. The van der Waals surface area contributed by atoms with Gasteiger partial charge in [0.25, 0.3) is 0 Å². The van der Waals surface area contributed by atoms with Gasteiger partial charge in [0, 0.05) is 18.2 Å². The van der Waals surface area contributed by atoms with Crippen molar-refractivity contribution >= 4 is 39.0 Å². The number of benzene rings is 1. The topological polar surface area (TPSA) is 72.2 Å². The molecule has 1 unspecified atom stereocenters. The number of hydrogen-bond acceptors (Lipinski definition) is 4. The van der Waals surface area contributed by atoms with Gasteiger partial charge in [-0.05, 0) is 30.9 Å². The van der Waals surface area contributed by atoms with E-state index in [1.807, 2.05) is 13.2 Å². The highest BCUT2D eigenvalue weighted by atomic mass is 32.2. The Labute approximate surface area is 124 Å². The molecular formula is C12H18N2O2S3. The highest BCUT2D eigenvalue weighted by Gasteiger charge is 2.16. The lowest BCUT2D eigenvalue weighted by Gasteiger charge is -2.13. The van der Waals surface area contributed by atoms with E-state index >= 15 is 0 Å². The summed E-state index contributed by atoms with van der Waals surface area (Å²) in [6, 6.07) is 6.50. The average Bonchev–Trinajstić information content (AvgIpc) is 2.28. The smallest absolute Gasteiger partial charge is 0.240 e. The Morgan fingerprint density at radius 3 is 2.47 bits per heavy atom. The molecule has 1 rings (SSSR count). The number of nitrogens with two attached hydrogens (primary N) is 1. The van der Waals surface area contributed by atoms with Crippen LogP contribution in [0.25, 0.3) is 0 Å². The number of thiocarbonyl (C=S) groups is 1. The van der Waals surface area contributed by atoms with Crippen molar-refractivity contribution in [1.82, 2.24) is 4.72 Å². The Morgan fingerprint density at radius 1 is 1.42 bits per heavy atom. The Kier molecular flexibility index (Phi) is 6.25. The monoisotopic (exact) mass is 318 g/mol. The fraction of sp³-hybridized carbons (Fsp3) is 0.417. The Bertz CT molecular complexity index is 526. The zero-order chi connectivity index (χ0) is 14.5. The van der Waals surface area contributed by atoms with Crippen LogP contribution in [0.15, 0.2) is 29.2 Å². The lowest BCUT2D eigenvalue weighted by molar-refractivity contribution is 0.571. The van der Waals surface area contributed by atoms with E-state index in [9.17, 15) is 8.42 Å². The van der Waals surface area contributed by atoms with Crippen LogP contribution in [0.1, 0.15) is 12.5 Å². The highest BCUT2D eigenvalue weighted by molar-refractivity contribution is 7.98. The van der Waals surface area contributed by atoms with Crippen molar-refractivity contribution in [2.24, 2.45) is 5.73 Å². The Hall–Kier alpha value is -0.630. The molecular weight excluding hydrogens is 300 g/mol. The highest BCUT2D eigenvalue weighted by Crippen LogP contribution is 2.12. The maximum Gasteiger partial charge on any atom is 0.240 e. The van der Waals surface area contributed by atoms with Crippen LogP contribution in [0.3, 0.4) is 0 Å². The third-order valence-electron chi connectivity index (χ3n) is 2.39. The molecule has 7 heteroatoms. The first-order chi connectivity index (χ1) is 8.85. The van der Waals surface area contributed by atoms with Crippen LogP contribution in [0.2, 0.25) is 0 Å². The van der Waals surface area contributed by atoms with E-state index in [1.54, 1.807) is 36.0 Å². The second kappa shape index (κ2) is 7.23. The van der Waals surface area contributed by atoms with E-state index in [4.69, 9.17) is 18.0 Å². The molecule has 0 heterocycles. The summed E-state index contributed by atoms with van der Waals surface area (Å²) < 4.78 is 26.8. The van der Waals surface area contributed by atoms with Gasteiger partial charge < -0.3 is 5.73 Å². The standard InChI is InChI=1S/C12H18N2O2S3/c1-9(8-18-2)14-19(15,16)11-5-3-10(4-6-11)7-12(13)17/h3-6,9,14H,7-8H2,1-2H3,(H2,13,17). The van der Waals surface area contributed by atoms with E-state index in [-0.39, 0.29) is 10.9 Å². The quantitative estimate of drug-likeness (QED) is 0.746. The van der Waals surface area contributed by atoms with Crippen LogP contribution in [0.5, 0.6) is 0 Å². The zero-order valence-corrected chi connectivity index (χ0v) is 13.4. The normalized spacial score (nSPS) is 13.2. The number of thioether (sulfide) groups is 1. The molecule has 0 aliphatic heterocycles. The van der Waals surface area contributed by atoms with Crippen LogP contribution in [0.4, 0.5) is 0 Å². The summed E-state index contributed by atoms with van der Waals surface area (Å²) in [4.78, 5) is 0.648. The van der Waals surface area contributed by atoms with Crippen LogP contribution in [-0.4, -0.2) is 31.5 Å². The van der Waals surface area contributed by atoms with Gasteiger partial charge in [0.05, 0.1) is 9.88 Å². The van der Waals surface area contributed by atoms with Crippen molar-refractivity contribution in [3.8, 4) is 0 Å². The van der Waals surface area contributed by atoms with Crippen LogP contribution >= 0.6 is 24.0 Å². The SMILES string of the molecule is CSCC(C)NS(=O)(=O)c1ccc(CC(N)=S)cc1. The number of rotatable bonds is 7. The van der Waals surface area contributed by atoms with Crippen LogP contribution in [0, 0.1) is 0 Å². The molecule has 0 saturated heterocycles. The van der Waals surface area contributed by atoms with E-state index in [0.29, 0.717) is 11.4 Å². The maximum atomic E-state index is 12.1. The summed E-state index contributed by atoms with van der Waals surface area (Å²) in [5.74, 6) is 0.735. The lowest BCUT2D eigenvalue weighted by Crippen LogP contribution is -2.34. The number of sulfonamides is 1. The third kappa shape index (κ3) is 5.48. The van der Waals surface area contributed by atoms with Crippen molar-refractivity contribution in [1.29, 1.82) is 0 Å². The van der Waals surface area contributed by atoms with Gasteiger partial charge in [0.2, 0.25) is 10.0 Å². The van der Waals surface area contributed by atoms with Crippen molar-refractivity contribution < 1.29 is 8.42 Å². The number of nitrogens with one attached hydrogen (secondary N) is 1. The molecule has 0 aromatic heterocycles. The summed E-state index contributed by atoms with van der Waals surface area (Å²) in [5, 5.41) is 0. The van der Waals surface area contributed by atoms with Crippen molar-refractivity contribution in [3.63, 3.8) is 0 Å². The van der Waals surface area contributed by atoms with E-state index in [0.717, 1.165) is 11.3 Å². The molecule has 3 N–H and O–H groups in total. The molecule has 0 spiro atoms. The van der Waals surface area contributed by atoms with E-state index < -0.39 is 10.0 Å². The number of hydrogen-bond donors (Lipinski definition) is 2. The van der Waals surface area contributed by atoms with Crippen LogP contribution in [-0.2, 0) is 16.4 Å². The third-order valence-corrected chi connectivity index (χ3v) is 4.97. The van der Waals surface area contributed by atoms with Gasteiger partial charge in [-0.1, -0.05) is 24.4 Å². The summed E-state index contributed by atoms with van der Waals surface area (Å²) in [5.41, 5.74) is 6.35. The molecule has 4 nitrogen and oxygen atoms in total. The molecule has 1 aromatic carbocycles. The Balaban J connectivity index is 2.81. The van der Waals surface area contributed by atoms with Gasteiger partial charge in [-0.3, -0.25) is 0 Å². The summed E-state index contributed by atoms with van der Waals surface area (Å²) >= 11 is 6.41. The molecule has 1 atom stereocenters. The maximum absolute atomic E-state index is 12.1. The van der Waals surface area contributed by atoms with Crippen molar-refractivity contribution in [3.05, 3.63) is 29.8 Å². The molecule has 0 radical (unpaired) electrons. The molecule has 0 bridgehead atoms. The first-order valence-electron chi connectivity index (χ1n) is 5.73.